The predicted octanol–water partition coefficient (Wildman–Crippen LogP) is 2.27. The van der Waals surface area contributed by atoms with E-state index in [2.05, 4.69) is 10.3 Å². The fourth-order valence-electron chi connectivity index (χ4n) is 2.46. The van der Waals surface area contributed by atoms with Gasteiger partial charge in [0, 0.05) is 6.54 Å². The van der Waals surface area contributed by atoms with Crippen LogP contribution in [0.15, 0.2) is 53.5 Å². The van der Waals surface area contributed by atoms with Gasteiger partial charge in [-0.25, -0.2) is 14.6 Å². The Labute approximate surface area is 180 Å². The molecule has 0 aliphatic heterocycles. The third kappa shape index (κ3) is 7.46. The molecule has 9 nitrogen and oxygen atoms in total. The number of benzene rings is 2. The summed E-state index contributed by atoms with van der Waals surface area (Å²) >= 11 is 0. The summed E-state index contributed by atoms with van der Waals surface area (Å²) in [5, 5.41) is 2.71. The standard InChI is InChI=1S/C22H26N4O5/c1-3-4-13-25-19(27)14(2)30-20(28)16-7-11-18(12-8-16)31-21(29)15-5-9-17(10-6-15)26-22(23)24/h5-12,14H,3-4,13H2,1-2H3,(H,25,27)(H4,23,24,26). The van der Waals surface area contributed by atoms with Crippen molar-refractivity contribution in [2.24, 2.45) is 16.5 Å². The molecule has 164 valence electrons. The third-order valence-corrected chi connectivity index (χ3v) is 4.14. The van der Waals surface area contributed by atoms with Crippen LogP contribution in [0.5, 0.6) is 5.75 Å². The molecular formula is C22H26N4O5. The van der Waals surface area contributed by atoms with Crippen molar-refractivity contribution in [1.29, 1.82) is 0 Å². The Hall–Kier alpha value is -3.88. The maximum Gasteiger partial charge on any atom is 0.343 e. The number of hydrogen-bond acceptors (Lipinski definition) is 6. The van der Waals surface area contributed by atoms with Gasteiger partial charge in [0.15, 0.2) is 12.1 Å². The molecule has 9 heteroatoms. The number of carbonyl (C=O) groups is 3. The fourth-order valence-corrected chi connectivity index (χ4v) is 2.46. The first-order valence-electron chi connectivity index (χ1n) is 9.80. The highest BCUT2D eigenvalue weighted by molar-refractivity contribution is 5.93. The molecule has 2 aromatic carbocycles. The van der Waals surface area contributed by atoms with Gasteiger partial charge in [0.2, 0.25) is 0 Å². The van der Waals surface area contributed by atoms with Crippen molar-refractivity contribution < 1.29 is 23.9 Å². The van der Waals surface area contributed by atoms with Gasteiger partial charge in [-0.15, -0.1) is 0 Å². The number of amides is 1. The van der Waals surface area contributed by atoms with Crippen LogP contribution in [0, 0.1) is 0 Å². The number of carbonyl (C=O) groups excluding carboxylic acids is 3. The molecule has 1 amide bonds. The van der Waals surface area contributed by atoms with Gasteiger partial charge in [-0.3, -0.25) is 4.79 Å². The molecule has 1 unspecified atom stereocenters. The SMILES string of the molecule is CCCCNC(=O)C(C)OC(=O)c1ccc(OC(=O)c2ccc(N=C(N)N)cc2)cc1. The average Bonchev–Trinajstić information content (AvgIpc) is 2.74. The minimum absolute atomic E-state index is 0.0829. The first kappa shape index (κ1) is 23.4. The van der Waals surface area contributed by atoms with Gasteiger partial charge in [0.1, 0.15) is 5.75 Å². The number of unbranched alkanes of at least 4 members (excludes halogenated alkanes) is 1. The highest BCUT2D eigenvalue weighted by Crippen LogP contribution is 2.17. The second-order valence-corrected chi connectivity index (χ2v) is 6.69. The van der Waals surface area contributed by atoms with Crippen molar-refractivity contribution in [3.63, 3.8) is 0 Å². The van der Waals surface area contributed by atoms with Crippen molar-refractivity contribution in [1.82, 2.24) is 5.32 Å². The lowest BCUT2D eigenvalue weighted by atomic mass is 10.2. The summed E-state index contributed by atoms with van der Waals surface area (Å²) in [5.41, 5.74) is 11.7. The normalized spacial score (nSPS) is 11.2. The topological polar surface area (TPSA) is 146 Å². The number of nitrogens with two attached hydrogens (primary N) is 2. The van der Waals surface area contributed by atoms with E-state index >= 15 is 0 Å². The minimum atomic E-state index is -0.913. The molecule has 0 spiro atoms. The van der Waals surface area contributed by atoms with Crippen molar-refractivity contribution in [3.05, 3.63) is 59.7 Å². The summed E-state index contributed by atoms with van der Waals surface area (Å²) in [6, 6.07) is 12.1. The molecule has 5 N–H and O–H groups in total. The van der Waals surface area contributed by atoms with Crippen molar-refractivity contribution >= 4 is 29.5 Å². The Morgan fingerprint density at radius 1 is 0.968 bits per heavy atom. The van der Waals surface area contributed by atoms with E-state index in [1.165, 1.54) is 43.3 Å². The first-order valence-corrected chi connectivity index (χ1v) is 9.80. The molecule has 0 fully saturated rings. The highest BCUT2D eigenvalue weighted by Gasteiger charge is 2.18. The summed E-state index contributed by atoms with van der Waals surface area (Å²) in [5.74, 6) is -1.41. The van der Waals surface area contributed by atoms with Crippen LogP contribution in [0.4, 0.5) is 5.69 Å². The number of hydrogen-bond donors (Lipinski definition) is 3. The largest absolute Gasteiger partial charge is 0.449 e. The predicted molar refractivity (Wildman–Crippen MR) is 116 cm³/mol. The van der Waals surface area contributed by atoms with E-state index in [0.29, 0.717) is 17.8 Å². The molecule has 0 radical (unpaired) electrons. The molecule has 0 heterocycles. The van der Waals surface area contributed by atoms with Gasteiger partial charge in [-0.05, 0) is 61.9 Å². The van der Waals surface area contributed by atoms with Crippen LogP contribution in [0.25, 0.3) is 0 Å². The highest BCUT2D eigenvalue weighted by atomic mass is 16.5. The van der Waals surface area contributed by atoms with Crippen molar-refractivity contribution in [2.45, 2.75) is 32.8 Å². The third-order valence-electron chi connectivity index (χ3n) is 4.14. The Morgan fingerprint density at radius 3 is 2.13 bits per heavy atom. The quantitative estimate of drug-likeness (QED) is 0.183. The zero-order valence-electron chi connectivity index (χ0n) is 17.5. The van der Waals surface area contributed by atoms with E-state index in [1.807, 2.05) is 6.92 Å². The van der Waals surface area contributed by atoms with Gasteiger partial charge in [0.05, 0.1) is 16.8 Å². The van der Waals surface area contributed by atoms with E-state index in [9.17, 15) is 14.4 Å². The zero-order chi connectivity index (χ0) is 22.8. The fraction of sp³-hybridized carbons (Fsp3) is 0.273. The molecule has 0 aromatic heterocycles. The molecular weight excluding hydrogens is 400 g/mol. The molecule has 1 atom stereocenters. The summed E-state index contributed by atoms with van der Waals surface area (Å²) in [6.45, 7) is 4.06. The zero-order valence-corrected chi connectivity index (χ0v) is 17.5. The maximum absolute atomic E-state index is 12.3. The van der Waals surface area contributed by atoms with Crippen LogP contribution < -0.4 is 21.5 Å². The van der Waals surface area contributed by atoms with Crippen LogP contribution in [0.2, 0.25) is 0 Å². The Morgan fingerprint density at radius 2 is 1.55 bits per heavy atom. The van der Waals surface area contributed by atoms with Gasteiger partial charge < -0.3 is 26.3 Å². The Kier molecular flexibility index (Phi) is 8.56. The molecule has 2 rings (SSSR count). The van der Waals surface area contributed by atoms with Crippen LogP contribution in [0.1, 0.15) is 47.4 Å². The second-order valence-electron chi connectivity index (χ2n) is 6.69. The lowest BCUT2D eigenvalue weighted by molar-refractivity contribution is -0.129. The van der Waals surface area contributed by atoms with Gasteiger partial charge in [0.25, 0.3) is 5.91 Å². The monoisotopic (exact) mass is 426 g/mol. The van der Waals surface area contributed by atoms with Crippen molar-refractivity contribution in [3.8, 4) is 5.75 Å². The van der Waals surface area contributed by atoms with Crippen molar-refractivity contribution in [2.75, 3.05) is 6.54 Å². The molecule has 0 aliphatic carbocycles. The number of esters is 2. The molecule has 0 aliphatic rings. The maximum atomic E-state index is 12.3. The Bertz CT molecular complexity index is 935. The minimum Gasteiger partial charge on any atom is -0.449 e. The number of guanidine groups is 1. The average molecular weight is 426 g/mol. The number of rotatable bonds is 9. The van der Waals surface area contributed by atoms with Crippen LogP contribution >= 0.6 is 0 Å². The number of nitrogens with one attached hydrogen (secondary N) is 1. The molecule has 31 heavy (non-hydrogen) atoms. The molecule has 0 saturated heterocycles. The van der Waals surface area contributed by atoms with Gasteiger partial charge in [-0.1, -0.05) is 13.3 Å². The summed E-state index contributed by atoms with van der Waals surface area (Å²) < 4.78 is 10.5. The lowest BCUT2D eigenvalue weighted by Gasteiger charge is -2.13. The second kappa shape index (κ2) is 11.3. The number of ether oxygens (including phenoxy) is 2. The van der Waals surface area contributed by atoms with Crippen LogP contribution in [-0.4, -0.2) is 36.5 Å². The summed E-state index contributed by atoms with van der Waals surface area (Å²) in [4.78, 5) is 40.2. The number of nitrogens with zero attached hydrogens (tertiary/aromatic N) is 1. The first-order chi connectivity index (χ1) is 14.8. The van der Waals surface area contributed by atoms with E-state index in [1.54, 1.807) is 12.1 Å². The van der Waals surface area contributed by atoms with E-state index in [-0.39, 0.29) is 23.2 Å². The van der Waals surface area contributed by atoms with E-state index < -0.39 is 18.0 Å². The molecule has 0 bridgehead atoms. The lowest BCUT2D eigenvalue weighted by Crippen LogP contribution is -2.36. The van der Waals surface area contributed by atoms with Gasteiger partial charge >= 0.3 is 11.9 Å². The van der Waals surface area contributed by atoms with Crippen LogP contribution in [0.3, 0.4) is 0 Å². The summed E-state index contributed by atoms with van der Waals surface area (Å²) in [7, 11) is 0. The van der Waals surface area contributed by atoms with Gasteiger partial charge in [-0.2, -0.15) is 0 Å². The Balaban J connectivity index is 1.92. The number of aliphatic imine (C=N–C) groups is 1. The van der Waals surface area contributed by atoms with E-state index in [4.69, 9.17) is 20.9 Å². The molecule has 0 saturated carbocycles. The van der Waals surface area contributed by atoms with Crippen LogP contribution in [-0.2, 0) is 9.53 Å². The molecule has 2 aromatic rings. The summed E-state index contributed by atoms with van der Waals surface area (Å²) in [6.07, 6.45) is 0.894. The van der Waals surface area contributed by atoms with E-state index in [0.717, 1.165) is 12.8 Å². The smallest absolute Gasteiger partial charge is 0.343 e.